The van der Waals surface area contributed by atoms with Gasteiger partial charge in [-0.1, -0.05) is 36.4 Å². The predicted octanol–water partition coefficient (Wildman–Crippen LogP) is 2.80. The van der Waals surface area contributed by atoms with E-state index >= 15 is 0 Å². The van der Waals surface area contributed by atoms with Gasteiger partial charge >= 0.3 is 0 Å². The molecule has 0 aromatic heterocycles. The zero-order chi connectivity index (χ0) is 12.6. The summed E-state index contributed by atoms with van der Waals surface area (Å²) in [6.07, 6.45) is 1.01. The zero-order valence-corrected chi connectivity index (χ0v) is 10.5. The average molecular weight is 239 g/mol. The lowest BCUT2D eigenvalue weighted by molar-refractivity contribution is 0.408. The molecule has 0 saturated carbocycles. The Hall–Kier alpha value is -1.80. The lowest BCUT2D eigenvalue weighted by Gasteiger charge is -2.38. The molecule has 2 heteroatoms. The van der Waals surface area contributed by atoms with Gasteiger partial charge in [-0.05, 0) is 42.2 Å². The van der Waals surface area contributed by atoms with E-state index < -0.39 is 0 Å². The number of hydrogen-bond acceptors (Lipinski definition) is 2. The molecule has 1 heterocycles. The summed E-state index contributed by atoms with van der Waals surface area (Å²) >= 11 is 0. The first-order valence-electron chi connectivity index (χ1n) is 6.33. The fourth-order valence-corrected chi connectivity index (χ4v) is 2.82. The van der Waals surface area contributed by atoms with Crippen LogP contribution in [-0.4, -0.2) is 11.7 Å². The highest BCUT2D eigenvalue weighted by Crippen LogP contribution is 2.36. The van der Waals surface area contributed by atoms with Gasteiger partial charge in [0, 0.05) is 6.54 Å². The van der Waals surface area contributed by atoms with Crippen LogP contribution in [0.15, 0.2) is 48.5 Å². The molecule has 18 heavy (non-hydrogen) atoms. The maximum absolute atomic E-state index is 9.74. The van der Waals surface area contributed by atoms with Crippen molar-refractivity contribution in [1.82, 2.24) is 5.32 Å². The maximum Gasteiger partial charge on any atom is 0.115 e. The standard InChI is InChI=1S/C16H17NO/c1-16(13-5-3-2-4-6-13)15-11-14(18)8-7-12(15)9-10-17-16/h2-8,11,17-18H,9-10H2,1H3. The molecule has 3 rings (SSSR count). The molecule has 0 amide bonds. The second kappa shape index (κ2) is 4.14. The number of nitrogens with one attached hydrogen (secondary N) is 1. The van der Waals surface area contributed by atoms with Gasteiger partial charge in [0.25, 0.3) is 0 Å². The van der Waals surface area contributed by atoms with Crippen molar-refractivity contribution < 1.29 is 5.11 Å². The third-order valence-corrected chi connectivity index (χ3v) is 3.86. The molecule has 0 spiro atoms. The van der Waals surface area contributed by atoms with Crippen LogP contribution in [-0.2, 0) is 12.0 Å². The van der Waals surface area contributed by atoms with Crippen molar-refractivity contribution in [3.63, 3.8) is 0 Å². The van der Waals surface area contributed by atoms with Crippen molar-refractivity contribution in [3.8, 4) is 5.75 Å². The van der Waals surface area contributed by atoms with E-state index in [2.05, 4.69) is 36.5 Å². The van der Waals surface area contributed by atoms with Gasteiger partial charge in [0.2, 0.25) is 0 Å². The number of rotatable bonds is 1. The second-order valence-electron chi connectivity index (χ2n) is 5.01. The minimum Gasteiger partial charge on any atom is -0.508 e. The van der Waals surface area contributed by atoms with Gasteiger partial charge in [-0.3, -0.25) is 0 Å². The highest BCUT2D eigenvalue weighted by molar-refractivity contribution is 5.47. The van der Waals surface area contributed by atoms with Crippen molar-refractivity contribution in [2.45, 2.75) is 18.9 Å². The molecule has 2 nitrogen and oxygen atoms in total. The number of aromatic hydroxyl groups is 1. The molecule has 1 aliphatic rings. The van der Waals surface area contributed by atoms with Gasteiger partial charge in [-0.2, -0.15) is 0 Å². The van der Waals surface area contributed by atoms with Crippen LogP contribution >= 0.6 is 0 Å². The van der Waals surface area contributed by atoms with E-state index in [4.69, 9.17) is 0 Å². The Morgan fingerprint density at radius 3 is 2.67 bits per heavy atom. The smallest absolute Gasteiger partial charge is 0.115 e. The van der Waals surface area contributed by atoms with Crippen molar-refractivity contribution >= 4 is 0 Å². The summed E-state index contributed by atoms with van der Waals surface area (Å²) in [5, 5.41) is 13.3. The minimum atomic E-state index is -0.215. The Kier molecular flexibility index (Phi) is 2.60. The van der Waals surface area contributed by atoms with E-state index in [1.165, 1.54) is 16.7 Å². The summed E-state index contributed by atoms with van der Waals surface area (Å²) < 4.78 is 0. The second-order valence-corrected chi connectivity index (χ2v) is 5.01. The Balaban J connectivity index is 2.18. The Morgan fingerprint density at radius 2 is 1.89 bits per heavy atom. The molecular weight excluding hydrogens is 222 g/mol. The highest BCUT2D eigenvalue weighted by Gasteiger charge is 2.33. The van der Waals surface area contributed by atoms with E-state index in [-0.39, 0.29) is 5.54 Å². The van der Waals surface area contributed by atoms with E-state index in [1.54, 1.807) is 6.07 Å². The first-order chi connectivity index (χ1) is 8.70. The molecule has 0 aliphatic carbocycles. The molecular formula is C16H17NO. The average Bonchev–Trinajstić information content (AvgIpc) is 2.41. The van der Waals surface area contributed by atoms with Gasteiger partial charge in [-0.15, -0.1) is 0 Å². The summed E-state index contributed by atoms with van der Waals surface area (Å²) in [6.45, 7) is 3.14. The highest BCUT2D eigenvalue weighted by atomic mass is 16.3. The summed E-state index contributed by atoms with van der Waals surface area (Å²) in [5.41, 5.74) is 3.52. The quantitative estimate of drug-likeness (QED) is 0.802. The van der Waals surface area contributed by atoms with Crippen LogP contribution in [0.5, 0.6) is 5.75 Å². The first-order valence-corrected chi connectivity index (χ1v) is 6.33. The number of phenols is 1. The fourth-order valence-electron chi connectivity index (χ4n) is 2.82. The van der Waals surface area contributed by atoms with E-state index in [9.17, 15) is 5.11 Å². The minimum absolute atomic E-state index is 0.215. The monoisotopic (exact) mass is 239 g/mol. The topological polar surface area (TPSA) is 32.3 Å². The Bertz CT molecular complexity index is 565. The number of phenolic OH excluding ortho intramolecular Hbond substituents is 1. The molecule has 0 fully saturated rings. The molecule has 0 saturated heterocycles. The molecule has 0 radical (unpaired) electrons. The van der Waals surface area contributed by atoms with Gasteiger partial charge in [0.05, 0.1) is 5.54 Å². The van der Waals surface area contributed by atoms with Crippen LogP contribution in [0.1, 0.15) is 23.6 Å². The zero-order valence-electron chi connectivity index (χ0n) is 10.5. The normalized spacial score (nSPS) is 22.5. The van der Waals surface area contributed by atoms with Gasteiger partial charge in [0.1, 0.15) is 5.75 Å². The van der Waals surface area contributed by atoms with Crippen molar-refractivity contribution in [2.75, 3.05) is 6.54 Å². The van der Waals surface area contributed by atoms with Crippen LogP contribution in [0.2, 0.25) is 0 Å². The molecule has 92 valence electrons. The van der Waals surface area contributed by atoms with Crippen molar-refractivity contribution in [2.24, 2.45) is 0 Å². The third-order valence-electron chi connectivity index (χ3n) is 3.86. The molecule has 1 atom stereocenters. The number of benzene rings is 2. The van der Waals surface area contributed by atoms with Crippen LogP contribution < -0.4 is 5.32 Å². The predicted molar refractivity (Wildman–Crippen MR) is 72.7 cm³/mol. The lowest BCUT2D eigenvalue weighted by atomic mass is 9.79. The largest absolute Gasteiger partial charge is 0.508 e. The summed E-state index contributed by atoms with van der Waals surface area (Å²) in [4.78, 5) is 0. The van der Waals surface area contributed by atoms with Crippen LogP contribution in [0.4, 0.5) is 0 Å². The summed E-state index contributed by atoms with van der Waals surface area (Å²) in [7, 11) is 0. The van der Waals surface area contributed by atoms with Crippen LogP contribution in [0, 0.1) is 0 Å². The van der Waals surface area contributed by atoms with E-state index in [0.29, 0.717) is 5.75 Å². The SMILES string of the molecule is CC1(c2ccccc2)NCCc2ccc(O)cc21. The molecule has 1 aliphatic heterocycles. The summed E-state index contributed by atoms with van der Waals surface area (Å²) in [6, 6.07) is 16.1. The van der Waals surface area contributed by atoms with Gasteiger partial charge < -0.3 is 10.4 Å². The summed E-state index contributed by atoms with van der Waals surface area (Å²) in [5.74, 6) is 0.333. The molecule has 0 bridgehead atoms. The van der Waals surface area contributed by atoms with Gasteiger partial charge in [0.15, 0.2) is 0 Å². The van der Waals surface area contributed by atoms with Crippen molar-refractivity contribution in [1.29, 1.82) is 0 Å². The maximum atomic E-state index is 9.74. The van der Waals surface area contributed by atoms with Gasteiger partial charge in [-0.25, -0.2) is 0 Å². The van der Waals surface area contributed by atoms with E-state index in [1.807, 2.05) is 18.2 Å². The Morgan fingerprint density at radius 1 is 1.11 bits per heavy atom. The van der Waals surface area contributed by atoms with Crippen LogP contribution in [0.3, 0.4) is 0 Å². The van der Waals surface area contributed by atoms with E-state index in [0.717, 1.165) is 13.0 Å². The molecule has 2 aromatic rings. The lowest BCUT2D eigenvalue weighted by Crippen LogP contribution is -2.45. The van der Waals surface area contributed by atoms with Crippen LogP contribution in [0.25, 0.3) is 0 Å². The molecule has 2 N–H and O–H groups in total. The first kappa shape index (κ1) is 11.3. The third kappa shape index (κ3) is 1.70. The molecule has 2 aromatic carbocycles. The number of hydrogen-bond donors (Lipinski definition) is 2. The van der Waals surface area contributed by atoms with Crippen molar-refractivity contribution in [3.05, 3.63) is 65.2 Å². The fraction of sp³-hybridized carbons (Fsp3) is 0.250. The Labute approximate surface area is 107 Å². The molecule has 1 unspecified atom stereocenters. The number of fused-ring (bicyclic) bond motifs is 1.